The molecule has 0 aliphatic rings. The summed E-state index contributed by atoms with van der Waals surface area (Å²) in [6.45, 7) is 4.23. The summed E-state index contributed by atoms with van der Waals surface area (Å²) in [5, 5.41) is 9.55. The zero-order valence-electron chi connectivity index (χ0n) is 12.1. The van der Waals surface area contributed by atoms with Crippen molar-refractivity contribution in [3.05, 3.63) is 59.2 Å². The molecule has 2 rings (SSSR count). The van der Waals surface area contributed by atoms with Gasteiger partial charge in [-0.2, -0.15) is 0 Å². The summed E-state index contributed by atoms with van der Waals surface area (Å²) >= 11 is 0. The average Bonchev–Trinajstić information content (AvgIpc) is 2.46. The van der Waals surface area contributed by atoms with E-state index in [1.165, 1.54) is 0 Å². The number of aliphatic hydroxyl groups is 1. The van der Waals surface area contributed by atoms with Crippen molar-refractivity contribution in [1.29, 1.82) is 0 Å². The smallest absolute Gasteiger partial charge is 0.122 e. The van der Waals surface area contributed by atoms with Gasteiger partial charge in [0.1, 0.15) is 18.1 Å². The summed E-state index contributed by atoms with van der Waals surface area (Å²) in [6, 6.07) is 13.6. The maximum absolute atomic E-state index is 9.55. The molecule has 0 saturated heterocycles. The zero-order valence-corrected chi connectivity index (χ0v) is 12.1. The van der Waals surface area contributed by atoms with E-state index >= 15 is 0 Å². The van der Waals surface area contributed by atoms with Crippen LogP contribution in [0.3, 0.4) is 0 Å². The van der Waals surface area contributed by atoms with Crippen LogP contribution >= 0.6 is 0 Å². The molecule has 1 atom stereocenters. The molecule has 0 amide bonds. The van der Waals surface area contributed by atoms with Gasteiger partial charge in [0.25, 0.3) is 0 Å². The van der Waals surface area contributed by atoms with Crippen LogP contribution in [0.25, 0.3) is 0 Å². The van der Waals surface area contributed by atoms with Crippen LogP contribution in [-0.2, 0) is 6.61 Å². The van der Waals surface area contributed by atoms with E-state index in [1.807, 2.05) is 49.4 Å². The Labute approximate surface area is 119 Å². The van der Waals surface area contributed by atoms with Crippen molar-refractivity contribution in [3.63, 3.8) is 0 Å². The van der Waals surface area contributed by atoms with E-state index in [1.54, 1.807) is 14.0 Å². The third-order valence-corrected chi connectivity index (χ3v) is 3.21. The number of methoxy groups -OCH3 is 1. The molecule has 106 valence electrons. The average molecular weight is 272 g/mol. The first-order chi connectivity index (χ1) is 9.60. The lowest BCUT2D eigenvalue weighted by atomic mass is 10.1. The molecule has 2 aromatic carbocycles. The van der Waals surface area contributed by atoms with Crippen molar-refractivity contribution >= 4 is 0 Å². The second-order valence-corrected chi connectivity index (χ2v) is 4.84. The highest BCUT2D eigenvalue weighted by Crippen LogP contribution is 2.24. The molecule has 0 radical (unpaired) electrons. The Kier molecular flexibility index (Phi) is 4.64. The zero-order chi connectivity index (χ0) is 14.5. The lowest BCUT2D eigenvalue weighted by Crippen LogP contribution is -1.99. The van der Waals surface area contributed by atoms with Gasteiger partial charge in [0, 0.05) is 0 Å². The molecule has 0 spiro atoms. The third-order valence-electron chi connectivity index (χ3n) is 3.21. The lowest BCUT2D eigenvalue weighted by Gasteiger charge is -2.12. The number of aliphatic hydroxyl groups excluding tert-OH is 1. The second-order valence-electron chi connectivity index (χ2n) is 4.84. The predicted molar refractivity (Wildman–Crippen MR) is 79.1 cm³/mol. The van der Waals surface area contributed by atoms with E-state index in [0.29, 0.717) is 6.61 Å². The molecule has 0 heterocycles. The summed E-state index contributed by atoms with van der Waals surface area (Å²) in [5.41, 5.74) is 2.98. The normalized spacial score (nSPS) is 12.0. The maximum atomic E-state index is 9.55. The van der Waals surface area contributed by atoms with Crippen LogP contribution in [0.15, 0.2) is 42.5 Å². The van der Waals surface area contributed by atoms with E-state index in [4.69, 9.17) is 9.47 Å². The van der Waals surface area contributed by atoms with Gasteiger partial charge in [-0.3, -0.25) is 0 Å². The van der Waals surface area contributed by atoms with Gasteiger partial charge in [-0.05, 0) is 54.8 Å². The van der Waals surface area contributed by atoms with Crippen LogP contribution in [0.2, 0.25) is 0 Å². The van der Waals surface area contributed by atoms with E-state index < -0.39 is 6.10 Å². The summed E-state index contributed by atoms with van der Waals surface area (Å²) < 4.78 is 11.0. The van der Waals surface area contributed by atoms with Crippen LogP contribution in [-0.4, -0.2) is 12.2 Å². The monoisotopic (exact) mass is 272 g/mol. The fourth-order valence-electron chi connectivity index (χ4n) is 2.02. The molecule has 0 aliphatic heterocycles. The molecular formula is C17H20O3. The summed E-state index contributed by atoms with van der Waals surface area (Å²) in [7, 11) is 1.65. The molecule has 1 unspecified atom stereocenters. The fourth-order valence-corrected chi connectivity index (χ4v) is 2.02. The van der Waals surface area contributed by atoms with Crippen LogP contribution < -0.4 is 9.47 Å². The van der Waals surface area contributed by atoms with E-state index in [0.717, 1.165) is 28.2 Å². The van der Waals surface area contributed by atoms with Gasteiger partial charge < -0.3 is 14.6 Å². The Morgan fingerprint density at radius 3 is 2.60 bits per heavy atom. The van der Waals surface area contributed by atoms with E-state index in [-0.39, 0.29) is 0 Å². The van der Waals surface area contributed by atoms with Gasteiger partial charge in [0.2, 0.25) is 0 Å². The Hall–Kier alpha value is -2.00. The Bertz CT molecular complexity index is 576. The second kappa shape index (κ2) is 6.44. The van der Waals surface area contributed by atoms with Crippen molar-refractivity contribution in [2.75, 3.05) is 7.11 Å². The Balaban J connectivity index is 2.07. The summed E-state index contributed by atoms with van der Waals surface area (Å²) in [4.78, 5) is 0. The van der Waals surface area contributed by atoms with Gasteiger partial charge >= 0.3 is 0 Å². The quantitative estimate of drug-likeness (QED) is 0.903. The number of hydrogen-bond acceptors (Lipinski definition) is 3. The van der Waals surface area contributed by atoms with Crippen LogP contribution in [0.5, 0.6) is 11.5 Å². The van der Waals surface area contributed by atoms with Crippen LogP contribution in [0.4, 0.5) is 0 Å². The van der Waals surface area contributed by atoms with Gasteiger partial charge in [-0.1, -0.05) is 18.2 Å². The maximum Gasteiger partial charge on any atom is 0.122 e. The molecule has 2 aromatic rings. The van der Waals surface area contributed by atoms with Crippen molar-refractivity contribution in [2.45, 2.75) is 26.6 Å². The van der Waals surface area contributed by atoms with E-state index in [9.17, 15) is 5.11 Å². The minimum absolute atomic E-state index is 0.457. The van der Waals surface area contributed by atoms with Gasteiger partial charge in [0.15, 0.2) is 0 Å². The fraction of sp³-hybridized carbons (Fsp3) is 0.294. The van der Waals surface area contributed by atoms with Crippen molar-refractivity contribution in [2.24, 2.45) is 0 Å². The number of benzene rings is 2. The van der Waals surface area contributed by atoms with E-state index in [2.05, 4.69) is 0 Å². The molecular weight excluding hydrogens is 252 g/mol. The van der Waals surface area contributed by atoms with Gasteiger partial charge in [-0.15, -0.1) is 0 Å². The standard InChI is InChI=1S/C17H20O3/c1-12-9-15(13(2)18)7-8-17(12)20-11-14-5-4-6-16(10-14)19-3/h4-10,13,18H,11H2,1-3H3. The minimum Gasteiger partial charge on any atom is -0.497 e. The highest BCUT2D eigenvalue weighted by Gasteiger charge is 2.05. The number of hydrogen-bond donors (Lipinski definition) is 1. The minimum atomic E-state index is -0.457. The third kappa shape index (κ3) is 3.52. The highest BCUT2D eigenvalue weighted by molar-refractivity contribution is 5.37. The highest BCUT2D eigenvalue weighted by atomic mass is 16.5. The van der Waals surface area contributed by atoms with Gasteiger partial charge in [0.05, 0.1) is 13.2 Å². The van der Waals surface area contributed by atoms with Crippen LogP contribution in [0, 0.1) is 6.92 Å². The Morgan fingerprint density at radius 1 is 1.15 bits per heavy atom. The van der Waals surface area contributed by atoms with Crippen molar-refractivity contribution in [3.8, 4) is 11.5 Å². The summed E-state index contributed by atoms with van der Waals surface area (Å²) in [5.74, 6) is 1.66. The van der Waals surface area contributed by atoms with Crippen LogP contribution in [0.1, 0.15) is 29.7 Å². The Morgan fingerprint density at radius 2 is 1.95 bits per heavy atom. The molecule has 3 nitrogen and oxygen atoms in total. The first-order valence-corrected chi connectivity index (χ1v) is 6.64. The number of rotatable bonds is 5. The first kappa shape index (κ1) is 14.4. The SMILES string of the molecule is COc1cccc(COc2ccc(C(C)O)cc2C)c1. The molecule has 1 N–H and O–H groups in total. The van der Waals surface area contributed by atoms with Crippen molar-refractivity contribution in [1.82, 2.24) is 0 Å². The molecule has 0 saturated carbocycles. The lowest BCUT2D eigenvalue weighted by molar-refractivity contribution is 0.199. The largest absolute Gasteiger partial charge is 0.497 e. The topological polar surface area (TPSA) is 38.7 Å². The molecule has 0 aromatic heterocycles. The molecule has 0 fully saturated rings. The molecule has 20 heavy (non-hydrogen) atoms. The predicted octanol–water partition coefficient (Wildman–Crippen LogP) is 3.64. The first-order valence-electron chi connectivity index (χ1n) is 6.64. The van der Waals surface area contributed by atoms with Gasteiger partial charge in [-0.25, -0.2) is 0 Å². The molecule has 0 bridgehead atoms. The molecule has 0 aliphatic carbocycles. The number of aryl methyl sites for hydroxylation is 1. The molecule has 3 heteroatoms. The van der Waals surface area contributed by atoms with Crippen molar-refractivity contribution < 1.29 is 14.6 Å². The number of ether oxygens (including phenoxy) is 2. The summed E-state index contributed by atoms with van der Waals surface area (Å²) in [6.07, 6.45) is -0.457.